The molecular weight excluding hydrogens is 496 g/mol. The number of nitrogens with zero attached hydrogens (tertiary/aromatic N) is 2. The largest absolute Gasteiger partial charge is 0.850 e. The van der Waals surface area contributed by atoms with Crippen LogP contribution >= 0.6 is 24.0 Å². The van der Waals surface area contributed by atoms with E-state index in [-0.39, 0.29) is 18.1 Å². The number of amides is 1. The molecule has 0 radical (unpaired) electrons. The molecule has 1 aliphatic rings. The van der Waals surface area contributed by atoms with Crippen molar-refractivity contribution in [2.24, 2.45) is 0 Å². The average Bonchev–Trinajstić information content (AvgIpc) is 3.40. The molecule has 1 saturated heterocycles. The molecule has 0 saturated carbocycles. The van der Waals surface area contributed by atoms with E-state index < -0.39 is 5.97 Å². The highest BCUT2D eigenvalue weighted by Gasteiger charge is 2.32. The van der Waals surface area contributed by atoms with Gasteiger partial charge in [0.05, 0.1) is 44.7 Å². The summed E-state index contributed by atoms with van der Waals surface area (Å²) in [7, 11) is 6.04. The molecule has 1 aliphatic heterocycles. The Hall–Kier alpha value is -3.24. The predicted octanol–water partition coefficient (Wildman–Crippen LogP) is 4.10. The standard InChI is InChI=1S/C22H15NO4S2.C5H13NO/c24-20-19(29-22(28)23(20)13-14-4-2-1-3-5-14)12-17-10-11-18(27-17)15-6-8-16(9-7-15)21(25)26;1-6(2,3)4-5-7/h1-12H,13H2,(H,25,26);4-5H2,1-3H3/b19-12-;. The minimum Gasteiger partial charge on any atom is -0.850 e. The molecule has 1 N–H and O–H groups in total. The van der Waals surface area contributed by atoms with Gasteiger partial charge in [-0.25, -0.2) is 4.79 Å². The van der Waals surface area contributed by atoms with Crippen LogP contribution in [-0.4, -0.2) is 65.0 Å². The normalized spacial score (nSPS) is 14.7. The first kappa shape index (κ1) is 27.3. The molecule has 4 rings (SSSR count). The van der Waals surface area contributed by atoms with Crippen molar-refractivity contribution < 1.29 is 28.7 Å². The van der Waals surface area contributed by atoms with Crippen molar-refractivity contribution >= 4 is 46.3 Å². The fraction of sp³-hybridized carbons (Fsp3) is 0.222. The van der Waals surface area contributed by atoms with Crippen LogP contribution in [0.4, 0.5) is 0 Å². The summed E-state index contributed by atoms with van der Waals surface area (Å²) in [6.07, 6.45) is 1.68. The van der Waals surface area contributed by atoms with Crippen molar-refractivity contribution in [3.8, 4) is 11.3 Å². The van der Waals surface area contributed by atoms with E-state index in [0.29, 0.717) is 27.3 Å². The summed E-state index contributed by atoms with van der Waals surface area (Å²) in [6.45, 7) is 1.19. The number of carbonyl (C=O) groups excluding carboxylic acids is 1. The highest BCUT2D eigenvalue weighted by Crippen LogP contribution is 2.34. The van der Waals surface area contributed by atoms with Gasteiger partial charge in [0.1, 0.15) is 15.8 Å². The molecule has 1 aromatic heterocycles. The number of hydrogen-bond acceptors (Lipinski definition) is 6. The van der Waals surface area contributed by atoms with Gasteiger partial charge in [0.15, 0.2) is 0 Å². The third kappa shape index (κ3) is 7.63. The first-order valence-corrected chi connectivity index (χ1v) is 12.4. The van der Waals surface area contributed by atoms with E-state index in [4.69, 9.17) is 21.7 Å². The summed E-state index contributed by atoms with van der Waals surface area (Å²) in [5, 5.41) is 18.9. The van der Waals surface area contributed by atoms with Gasteiger partial charge in [-0.05, 0) is 29.8 Å². The molecule has 1 amide bonds. The van der Waals surface area contributed by atoms with Gasteiger partial charge < -0.3 is 19.1 Å². The topological polar surface area (TPSA) is 93.8 Å². The number of thioether (sulfide) groups is 1. The Morgan fingerprint density at radius 1 is 1.08 bits per heavy atom. The van der Waals surface area contributed by atoms with Crippen LogP contribution in [0.15, 0.2) is 76.1 Å². The lowest BCUT2D eigenvalue weighted by Crippen LogP contribution is -2.39. The van der Waals surface area contributed by atoms with Crippen molar-refractivity contribution in [2.45, 2.75) is 6.54 Å². The molecule has 3 aromatic rings. The van der Waals surface area contributed by atoms with E-state index in [1.165, 1.54) is 23.9 Å². The number of carbonyl (C=O) groups is 2. The minimum absolute atomic E-state index is 0.0312. The van der Waals surface area contributed by atoms with E-state index >= 15 is 0 Å². The molecule has 2 aromatic carbocycles. The molecule has 0 bridgehead atoms. The van der Waals surface area contributed by atoms with Gasteiger partial charge in [-0.3, -0.25) is 9.69 Å². The van der Waals surface area contributed by atoms with Crippen molar-refractivity contribution in [3.63, 3.8) is 0 Å². The zero-order valence-corrected chi connectivity index (χ0v) is 22.0. The number of hydrogen-bond donors (Lipinski definition) is 1. The van der Waals surface area contributed by atoms with Gasteiger partial charge in [0.25, 0.3) is 5.91 Å². The molecule has 1 fully saturated rings. The van der Waals surface area contributed by atoms with Gasteiger partial charge in [-0.2, -0.15) is 0 Å². The molecule has 7 nitrogen and oxygen atoms in total. The van der Waals surface area contributed by atoms with Crippen LogP contribution in [0.5, 0.6) is 0 Å². The van der Waals surface area contributed by atoms with Crippen molar-refractivity contribution in [1.29, 1.82) is 0 Å². The second-order valence-corrected chi connectivity index (χ2v) is 10.7. The monoisotopic (exact) mass is 524 g/mol. The second-order valence-electron chi connectivity index (χ2n) is 9.06. The number of likely N-dealkylation sites (N-methyl/N-ethyl adjacent to an activating group) is 1. The molecule has 0 unspecified atom stereocenters. The average molecular weight is 525 g/mol. The van der Waals surface area contributed by atoms with Crippen LogP contribution in [0.1, 0.15) is 21.7 Å². The first-order chi connectivity index (χ1) is 17.1. The summed E-state index contributed by atoms with van der Waals surface area (Å²) in [4.78, 5) is 25.8. The molecule has 9 heteroatoms. The van der Waals surface area contributed by atoms with Crippen LogP contribution in [0, 0.1) is 0 Å². The predicted molar refractivity (Wildman–Crippen MR) is 144 cm³/mol. The van der Waals surface area contributed by atoms with Crippen LogP contribution in [0.3, 0.4) is 0 Å². The van der Waals surface area contributed by atoms with Crippen LogP contribution in [0.25, 0.3) is 17.4 Å². The lowest BCUT2D eigenvalue weighted by Gasteiger charge is -2.25. The van der Waals surface area contributed by atoms with Crippen molar-refractivity contribution in [2.75, 3.05) is 34.3 Å². The maximum Gasteiger partial charge on any atom is 0.335 e. The van der Waals surface area contributed by atoms with Crippen LogP contribution in [-0.2, 0) is 11.3 Å². The molecule has 36 heavy (non-hydrogen) atoms. The van der Waals surface area contributed by atoms with Gasteiger partial charge in [0.2, 0.25) is 0 Å². The zero-order chi connectivity index (χ0) is 26.3. The number of aromatic carboxylic acids is 1. The molecule has 188 valence electrons. The fourth-order valence-electron chi connectivity index (χ4n) is 3.17. The number of quaternary nitrogens is 1. The van der Waals surface area contributed by atoms with Gasteiger partial charge in [-0.1, -0.05) is 73.1 Å². The Kier molecular flexibility index (Phi) is 9.22. The Morgan fingerprint density at radius 2 is 1.75 bits per heavy atom. The number of rotatable bonds is 7. The summed E-state index contributed by atoms with van der Waals surface area (Å²) < 4.78 is 7.11. The van der Waals surface area contributed by atoms with Crippen LogP contribution in [0.2, 0.25) is 0 Å². The lowest BCUT2D eigenvalue weighted by molar-refractivity contribution is -0.875. The van der Waals surface area contributed by atoms with Gasteiger partial charge in [0, 0.05) is 11.6 Å². The lowest BCUT2D eigenvalue weighted by atomic mass is 10.1. The summed E-state index contributed by atoms with van der Waals surface area (Å²) in [5.41, 5.74) is 1.98. The zero-order valence-electron chi connectivity index (χ0n) is 20.3. The SMILES string of the molecule is C[N+](C)(C)CC[O-].O=C(O)c1ccc(-c2ccc(/C=C3\SC(=S)N(Cc4ccccc4)C3=O)o2)cc1. The van der Waals surface area contributed by atoms with Crippen LogP contribution < -0.4 is 5.11 Å². The van der Waals surface area contributed by atoms with E-state index in [0.717, 1.165) is 22.2 Å². The highest BCUT2D eigenvalue weighted by atomic mass is 32.2. The van der Waals surface area contributed by atoms with E-state index in [9.17, 15) is 14.7 Å². The van der Waals surface area contributed by atoms with Gasteiger partial charge >= 0.3 is 5.97 Å². The highest BCUT2D eigenvalue weighted by molar-refractivity contribution is 8.26. The Labute approximate surface area is 220 Å². The summed E-state index contributed by atoms with van der Waals surface area (Å²) in [6, 6.07) is 19.7. The number of thiocarbonyl (C=S) groups is 1. The van der Waals surface area contributed by atoms with Crippen molar-refractivity contribution in [1.82, 2.24) is 4.90 Å². The maximum atomic E-state index is 12.8. The first-order valence-electron chi connectivity index (χ1n) is 11.2. The third-order valence-electron chi connectivity index (χ3n) is 5.14. The summed E-state index contributed by atoms with van der Waals surface area (Å²) in [5.74, 6) is -0.00250. The molecule has 2 heterocycles. The van der Waals surface area contributed by atoms with Gasteiger partial charge in [-0.15, -0.1) is 0 Å². The smallest absolute Gasteiger partial charge is 0.335 e. The molecule has 0 spiro atoms. The third-order valence-corrected chi connectivity index (χ3v) is 6.51. The summed E-state index contributed by atoms with van der Waals surface area (Å²) >= 11 is 6.62. The van der Waals surface area contributed by atoms with E-state index in [1.807, 2.05) is 51.5 Å². The maximum absolute atomic E-state index is 12.8. The molecule has 0 atom stereocenters. The molecular formula is C27H28N2O5S2. The number of carboxylic acid groups (broad SMARTS) is 1. The Bertz CT molecular complexity index is 1250. The number of furan rings is 1. The quantitative estimate of drug-likeness (QED) is 0.283. The van der Waals surface area contributed by atoms with Crippen molar-refractivity contribution in [3.05, 3.63) is 88.5 Å². The number of benzene rings is 2. The fourth-order valence-corrected chi connectivity index (χ4v) is 4.40. The number of carboxylic acids is 1. The Morgan fingerprint density at radius 3 is 2.31 bits per heavy atom. The molecule has 0 aliphatic carbocycles. The second kappa shape index (κ2) is 12.1. The Balaban J connectivity index is 0.000000454. The minimum atomic E-state index is -0.978. The van der Waals surface area contributed by atoms with E-state index in [1.54, 1.807) is 35.2 Å². The van der Waals surface area contributed by atoms with E-state index in [2.05, 4.69) is 0 Å².